The average molecular weight is 934 g/mol. The molecule has 9 rings (SSSR count). The molecule has 2 N–H and O–H groups in total. The van der Waals surface area contributed by atoms with Gasteiger partial charge in [0, 0.05) is 28.1 Å². The SMILES string of the molecule is O=C1[C@@H]2C[C@@H]3C(=CC[C@@H]4C(=O)N(c5cc(C(F)(F)F)cc(C(F)(F)F)c5)C(=O)[C@@H]43)[C@H](c3ccc4ccccc4c3O)[C@]2(c2ccc(Cl)cc2)C(=O)N1Nc1ncc(C(F)(F)F)cc1Cl. The van der Waals surface area contributed by atoms with Crippen LogP contribution in [0, 0.1) is 23.7 Å². The number of carbonyl (C=O) groups is 4. The van der Waals surface area contributed by atoms with Gasteiger partial charge in [0.1, 0.15) is 5.75 Å². The summed E-state index contributed by atoms with van der Waals surface area (Å²) < 4.78 is 125. The number of anilines is 2. The van der Waals surface area contributed by atoms with Crippen molar-refractivity contribution in [1.29, 1.82) is 0 Å². The van der Waals surface area contributed by atoms with E-state index in [9.17, 15) is 59.0 Å². The summed E-state index contributed by atoms with van der Waals surface area (Å²) in [6.45, 7) is 0. The van der Waals surface area contributed by atoms with Crippen LogP contribution in [0.1, 0.15) is 46.6 Å². The number of fused-ring (bicyclic) bond motifs is 5. The summed E-state index contributed by atoms with van der Waals surface area (Å²) >= 11 is 12.5. The van der Waals surface area contributed by atoms with Crippen LogP contribution in [0.15, 0.2) is 103 Å². The van der Waals surface area contributed by atoms with Gasteiger partial charge in [0.05, 0.1) is 50.6 Å². The maximum absolute atomic E-state index is 15.5. The number of phenolic OH excluding ortho intramolecular Hbond substituents is 1. The number of allylic oxidation sites excluding steroid dienone is 2. The van der Waals surface area contributed by atoms with Crippen LogP contribution in [0.4, 0.5) is 51.0 Å². The standard InChI is InChI=1S/C44H27Cl2F9N4O5/c45-24-8-6-20(7-9-24)41-31(38(62)59(40(41)64)57-36-32(46)16-23(18-56-36)44(53,54)55)17-30-27(34(41)29-10-5-19-3-1-2-4-26(19)35(29)60)11-12-28-33(30)39(63)58(37(28)61)25-14-21(42(47,48)49)13-22(15-25)43(50,51)52/h1-11,13-16,18,28,30-31,33-34,60H,12,17H2,(H,56,57)/t28-,30+,31-,33-,34+,41+/m0/s1. The van der Waals surface area contributed by atoms with Crippen LogP contribution < -0.4 is 10.3 Å². The Labute approximate surface area is 365 Å². The second-order valence-corrected chi connectivity index (χ2v) is 16.8. The zero-order chi connectivity index (χ0) is 46.0. The predicted octanol–water partition coefficient (Wildman–Crippen LogP) is 10.5. The molecule has 1 aromatic heterocycles. The minimum absolute atomic E-state index is 0.0584. The third-order valence-corrected chi connectivity index (χ3v) is 13.2. The van der Waals surface area contributed by atoms with Gasteiger partial charge in [-0.05, 0) is 66.1 Å². The van der Waals surface area contributed by atoms with E-state index < -0.39 is 117 Å². The van der Waals surface area contributed by atoms with E-state index in [0.717, 1.165) is 0 Å². The Morgan fingerprint density at radius 2 is 1.38 bits per heavy atom. The molecule has 330 valence electrons. The third kappa shape index (κ3) is 6.58. The number of hydrazine groups is 1. The molecule has 64 heavy (non-hydrogen) atoms. The van der Waals surface area contributed by atoms with E-state index >= 15 is 4.79 Å². The molecule has 4 amide bonds. The van der Waals surface area contributed by atoms with E-state index in [1.807, 2.05) is 0 Å². The second-order valence-electron chi connectivity index (χ2n) is 15.9. The number of amides is 4. The summed E-state index contributed by atoms with van der Waals surface area (Å²) in [5, 5.41) is 13.1. The van der Waals surface area contributed by atoms with E-state index in [4.69, 9.17) is 23.2 Å². The van der Waals surface area contributed by atoms with Gasteiger partial charge in [-0.2, -0.15) is 44.5 Å². The molecule has 2 aliphatic carbocycles. The summed E-state index contributed by atoms with van der Waals surface area (Å²) in [6.07, 6.45) is -14.3. The topological polar surface area (TPSA) is 120 Å². The first kappa shape index (κ1) is 43.1. The van der Waals surface area contributed by atoms with E-state index in [1.165, 1.54) is 36.4 Å². The summed E-state index contributed by atoms with van der Waals surface area (Å²) in [6, 6.07) is 16.4. The Bertz CT molecular complexity index is 2840. The molecule has 0 unspecified atom stereocenters. The number of imide groups is 2. The smallest absolute Gasteiger partial charge is 0.417 e. The summed E-state index contributed by atoms with van der Waals surface area (Å²) in [4.78, 5) is 63.3. The quantitative estimate of drug-likeness (QED) is 0.102. The normalized spacial score (nSPS) is 24.8. The molecule has 3 heterocycles. The highest BCUT2D eigenvalue weighted by atomic mass is 35.5. The maximum atomic E-state index is 15.5. The number of hydrogen-bond acceptors (Lipinski definition) is 7. The van der Waals surface area contributed by atoms with E-state index in [1.54, 1.807) is 30.3 Å². The summed E-state index contributed by atoms with van der Waals surface area (Å²) in [5.41, 5.74) is -4.89. The van der Waals surface area contributed by atoms with Crippen molar-refractivity contribution in [2.45, 2.75) is 42.7 Å². The molecule has 0 spiro atoms. The lowest BCUT2D eigenvalue weighted by molar-refractivity contribution is -0.143. The molecule has 20 heteroatoms. The molecule has 2 saturated heterocycles. The van der Waals surface area contributed by atoms with Crippen LogP contribution in [-0.4, -0.2) is 38.7 Å². The van der Waals surface area contributed by atoms with Crippen molar-refractivity contribution in [3.05, 3.63) is 141 Å². The van der Waals surface area contributed by atoms with Crippen molar-refractivity contribution in [3.63, 3.8) is 0 Å². The number of hydrogen-bond donors (Lipinski definition) is 2. The lowest BCUT2D eigenvalue weighted by atomic mass is 9.49. The number of benzene rings is 4. The zero-order valence-corrected chi connectivity index (χ0v) is 33.6. The van der Waals surface area contributed by atoms with Gasteiger partial charge in [-0.1, -0.05) is 83.4 Å². The Morgan fingerprint density at radius 3 is 2.00 bits per heavy atom. The van der Waals surface area contributed by atoms with Gasteiger partial charge in [0.25, 0.3) is 11.8 Å². The Hall–Kier alpha value is -6.14. The fourth-order valence-electron chi connectivity index (χ4n) is 9.95. The van der Waals surface area contributed by atoms with Gasteiger partial charge < -0.3 is 5.11 Å². The van der Waals surface area contributed by atoms with Crippen molar-refractivity contribution in [2.24, 2.45) is 23.7 Å². The molecule has 4 aliphatic rings. The van der Waals surface area contributed by atoms with Crippen molar-refractivity contribution < 1.29 is 63.8 Å². The minimum atomic E-state index is -5.32. The molecular weight excluding hydrogens is 906 g/mol. The fourth-order valence-corrected chi connectivity index (χ4v) is 10.3. The van der Waals surface area contributed by atoms with Gasteiger partial charge in [-0.15, -0.1) is 0 Å². The number of halogens is 11. The highest BCUT2D eigenvalue weighted by Gasteiger charge is 2.71. The lowest BCUT2D eigenvalue weighted by Gasteiger charge is -2.50. The molecular formula is C44H27Cl2F9N4O5. The molecule has 1 saturated carbocycles. The maximum Gasteiger partial charge on any atom is 0.417 e. The zero-order valence-electron chi connectivity index (χ0n) is 32.1. The summed E-state index contributed by atoms with van der Waals surface area (Å²) in [7, 11) is 0. The molecule has 6 atom stereocenters. The number of nitrogens with zero attached hydrogens (tertiary/aromatic N) is 3. The number of phenols is 1. The first-order chi connectivity index (χ1) is 30.0. The van der Waals surface area contributed by atoms with Crippen LogP contribution in [0.2, 0.25) is 10.0 Å². The molecule has 5 aromatic rings. The lowest BCUT2D eigenvalue weighted by Crippen LogP contribution is -2.53. The molecule has 2 aliphatic heterocycles. The number of pyridine rings is 1. The largest absolute Gasteiger partial charge is 0.507 e. The minimum Gasteiger partial charge on any atom is -0.507 e. The first-order valence-electron chi connectivity index (χ1n) is 19.2. The molecule has 0 bridgehead atoms. The van der Waals surface area contributed by atoms with Crippen molar-refractivity contribution in [1.82, 2.24) is 9.99 Å². The number of carbonyl (C=O) groups excluding carboxylic acids is 4. The summed E-state index contributed by atoms with van der Waals surface area (Å²) in [5.74, 6) is -12.2. The van der Waals surface area contributed by atoms with Crippen LogP contribution >= 0.6 is 23.2 Å². The average Bonchev–Trinajstić information content (AvgIpc) is 3.61. The number of rotatable bonds is 5. The van der Waals surface area contributed by atoms with Crippen LogP contribution in [0.5, 0.6) is 5.75 Å². The van der Waals surface area contributed by atoms with Crippen molar-refractivity contribution in [2.75, 3.05) is 10.3 Å². The fraction of sp³-hybridized carbons (Fsp3) is 0.250. The van der Waals surface area contributed by atoms with E-state index in [-0.39, 0.29) is 57.0 Å². The Balaban J connectivity index is 1.24. The number of nitrogens with one attached hydrogen (secondary N) is 1. The van der Waals surface area contributed by atoms with Crippen molar-refractivity contribution in [3.8, 4) is 5.75 Å². The van der Waals surface area contributed by atoms with Crippen LogP contribution in [0.3, 0.4) is 0 Å². The third-order valence-electron chi connectivity index (χ3n) is 12.6. The van der Waals surface area contributed by atoms with Crippen molar-refractivity contribution >= 4 is 69.1 Å². The van der Waals surface area contributed by atoms with E-state index in [0.29, 0.717) is 28.0 Å². The second kappa shape index (κ2) is 14.7. The number of aromatic nitrogens is 1. The number of aromatic hydroxyl groups is 1. The van der Waals surface area contributed by atoms with Gasteiger partial charge in [-0.3, -0.25) is 24.6 Å². The predicted molar refractivity (Wildman–Crippen MR) is 211 cm³/mol. The van der Waals surface area contributed by atoms with Gasteiger partial charge >= 0.3 is 18.5 Å². The Kier molecular flexibility index (Phi) is 9.91. The monoisotopic (exact) mass is 932 g/mol. The molecule has 3 fully saturated rings. The molecule has 0 radical (unpaired) electrons. The van der Waals surface area contributed by atoms with E-state index in [2.05, 4.69) is 10.4 Å². The first-order valence-corrected chi connectivity index (χ1v) is 20.0. The number of alkyl halides is 9. The Morgan fingerprint density at radius 1 is 0.734 bits per heavy atom. The van der Waals surface area contributed by atoms with Gasteiger partial charge in [0.2, 0.25) is 11.8 Å². The molecule has 4 aromatic carbocycles. The molecule has 9 nitrogen and oxygen atoms in total. The van der Waals surface area contributed by atoms with Crippen LogP contribution in [0.25, 0.3) is 10.8 Å². The van der Waals surface area contributed by atoms with Crippen LogP contribution in [-0.2, 0) is 43.1 Å². The van der Waals surface area contributed by atoms with Gasteiger partial charge in [-0.25, -0.2) is 9.88 Å². The van der Waals surface area contributed by atoms with Gasteiger partial charge in [0.15, 0.2) is 5.82 Å². The highest BCUT2D eigenvalue weighted by molar-refractivity contribution is 6.33. The highest BCUT2D eigenvalue weighted by Crippen LogP contribution is 2.65.